The first-order chi connectivity index (χ1) is 19.1. The maximum atomic E-state index is 13.3. The van der Waals surface area contributed by atoms with Crippen molar-refractivity contribution in [2.75, 3.05) is 7.11 Å². The lowest BCUT2D eigenvalue weighted by Gasteiger charge is -2.15. The van der Waals surface area contributed by atoms with E-state index >= 15 is 0 Å². The fraction of sp³-hybridized carbons (Fsp3) is 0.200. The molecule has 3 aromatic carbocycles. The van der Waals surface area contributed by atoms with Crippen LogP contribution in [0.15, 0.2) is 52.4 Å². The quantitative estimate of drug-likeness (QED) is 0.222. The van der Waals surface area contributed by atoms with Gasteiger partial charge >= 0.3 is 24.7 Å². The van der Waals surface area contributed by atoms with Gasteiger partial charge in [-0.3, -0.25) is 9.98 Å². The van der Waals surface area contributed by atoms with Gasteiger partial charge in [0.1, 0.15) is 17.2 Å². The van der Waals surface area contributed by atoms with Gasteiger partial charge in [-0.05, 0) is 36.4 Å². The minimum absolute atomic E-state index is 0.00776. The molecule has 0 atom stereocenters. The topological polar surface area (TPSA) is 74.4 Å². The van der Waals surface area contributed by atoms with Gasteiger partial charge in [-0.1, -0.05) is 0 Å². The monoisotopic (exact) mass is 618 g/mol. The lowest BCUT2D eigenvalue weighted by atomic mass is 10.0. The summed E-state index contributed by atoms with van der Waals surface area (Å²) in [5.41, 5.74) is -10.5. The van der Waals surface area contributed by atoms with Crippen LogP contribution in [0.1, 0.15) is 33.4 Å². The van der Waals surface area contributed by atoms with E-state index in [1.807, 2.05) is 0 Å². The molecule has 0 aromatic heterocycles. The van der Waals surface area contributed by atoms with Gasteiger partial charge in [-0.2, -0.15) is 52.7 Å². The molecule has 0 heterocycles. The van der Waals surface area contributed by atoms with Crippen LogP contribution in [-0.2, 0) is 24.7 Å². The van der Waals surface area contributed by atoms with Crippen molar-refractivity contribution in [2.45, 2.75) is 24.7 Å². The van der Waals surface area contributed by atoms with Crippen LogP contribution in [0, 0.1) is 0 Å². The first-order valence-corrected chi connectivity index (χ1v) is 10.9. The molecule has 0 fully saturated rings. The lowest BCUT2D eigenvalue weighted by Crippen LogP contribution is -2.12. The van der Waals surface area contributed by atoms with Crippen LogP contribution in [0.2, 0.25) is 0 Å². The van der Waals surface area contributed by atoms with Crippen molar-refractivity contribution < 1.29 is 67.6 Å². The number of hydrogen-bond acceptors (Lipinski definition) is 5. The average Bonchev–Trinajstić information content (AvgIpc) is 2.84. The summed E-state index contributed by atoms with van der Waals surface area (Å²) < 4.78 is 164. The van der Waals surface area contributed by atoms with Gasteiger partial charge in [0.15, 0.2) is 0 Å². The van der Waals surface area contributed by atoms with Crippen LogP contribution < -0.4 is 4.74 Å². The van der Waals surface area contributed by atoms with Crippen molar-refractivity contribution in [3.05, 3.63) is 75.8 Å². The highest BCUT2D eigenvalue weighted by molar-refractivity contribution is 5.90. The maximum absolute atomic E-state index is 13.3. The predicted octanol–water partition coefficient (Wildman–Crippen LogP) is 8.68. The third kappa shape index (κ3) is 7.25. The minimum atomic E-state index is -5.40. The smallest absolute Gasteiger partial charge is 0.419 e. The third-order valence-electron chi connectivity index (χ3n) is 5.41. The molecule has 0 aliphatic heterocycles. The summed E-state index contributed by atoms with van der Waals surface area (Å²) in [7, 11) is 1.15. The molecule has 226 valence electrons. The molecule has 0 amide bonds. The first-order valence-electron chi connectivity index (χ1n) is 10.9. The number of hydrogen-bond donors (Lipinski definition) is 2. The number of aliphatic imine (C=N–C) groups is 2. The van der Waals surface area contributed by atoms with Gasteiger partial charge in [0.2, 0.25) is 0 Å². The molecule has 3 aromatic rings. The summed E-state index contributed by atoms with van der Waals surface area (Å²) >= 11 is 0. The number of phenolic OH excluding ortho intramolecular Hbond substituents is 2. The Kier molecular flexibility index (Phi) is 8.47. The molecule has 0 saturated carbocycles. The van der Waals surface area contributed by atoms with Crippen molar-refractivity contribution in [1.82, 2.24) is 0 Å². The number of aromatic hydroxyl groups is 2. The second-order valence-corrected chi connectivity index (χ2v) is 8.29. The Morgan fingerprint density at radius 3 is 1.33 bits per heavy atom. The number of rotatable bonds is 5. The standard InChI is InChI=1S/C25H14F12N2O3/c1-42-15-2-3-18(38-9-11-4-13(22(26,27)28)6-16(20(11)40)24(32,33)34)19(8-15)39-10-12-5-14(23(29,30)31)7-17(21(12)41)25(35,36)37/h2-10,40-41H,1H3. The number of benzene rings is 3. The fourth-order valence-electron chi connectivity index (χ4n) is 3.39. The van der Waals surface area contributed by atoms with Crippen LogP contribution in [0.3, 0.4) is 0 Å². The summed E-state index contributed by atoms with van der Waals surface area (Å²) in [5, 5.41) is 20.0. The molecule has 0 aliphatic rings. The van der Waals surface area contributed by atoms with Crippen molar-refractivity contribution in [1.29, 1.82) is 0 Å². The molecular formula is C25H14F12N2O3. The highest BCUT2D eigenvalue weighted by atomic mass is 19.4. The lowest BCUT2D eigenvalue weighted by molar-refractivity contribution is -0.145. The number of nitrogens with zero attached hydrogens (tertiary/aromatic N) is 2. The van der Waals surface area contributed by atoms with Gasteiger partial charge in [-0.25, -0.2) is 0 Å². The van der Waals surface area contributed by atoms with E-state index in [1.165, 1.54) is 6.07 Å². The van der Waals surface area contributed by atoms with Crippen molar-refractivity contribution >= 4 is 23.8 Å². The Bertz CT molecular complexity index is 1540. The number of halogens is 12. The predicted molar refractivity (Wildman–Crippen MR) is 124 cm³/mol. The van der Waals surface area contributed by atoms with E-state index in [0.29, 0.717) is 12.4 Å². The summed E-state index contributed by atoms with van der Waals surface area (Å²) in [4.78, 5) is 7.40. The van der Waals surface area contributed by atoms with E-state index in [1.54, 1.807) is 0 Å². The summed E-state index contributed by atoms with van der Waals surface area (Å²) in [6.07, 6.45) is -20.5. The summed E-state index contributed by atoms with van der Waals surface area (Å²) in [6, 6.07) is 2.95. The molecule has 0 bridgehead atoms. The van der Waals surface area contributed by atoms with E-state index < -0.39 is 75.3 Å². The highest BCUT2D eigenvalue weighted by Gasteiger charge is 2.41. The first kappa shape index (κ1) is 32.1. The van der Waals surface area contributed by atoms with E-state index in [4.69, 9.17) is 4.74 Å². The number of phenols is 2. The van der Waals surface area contributed by atoms with Crippen LogP contribution in [0.25, 0.3) is 0 Å². The summed E-state index contributed by atoms with van der Waals surface area (Å²) in [6.45, 7) is 0. The molecule has 42 heavy (non-hydrogen) atoms. The van der Waals surface area contributed by atoms with E-state index in [0.717, 1.165) is 19.2 Å². The molecule has 2 N–H and O–H groups in total. The molecule has 0 saturated heterocycles. The molecule has 0 spiro atoms. The Morgan fingerprint density at radius 1 is 0.571 bits per heavy atom. The minimum Gasteiger partial charge on any atom is -0.507 e. The van der Waals surface area contributed by atoms with Gasteiger partial charge in [0.25, 0.3) is 0 Å². The molecule has 0 unspecified atom stereocenters. The molecule has 3 rings (SSSR count). The van der Waals surface area contributed by atoms with Gasteiger partial charge in [0.05, 0.1) is 40.7 Å². The number of ether oxygens (including phenoxy) is 1. The second-order valence-electron chi connectivity index (χ2n) is 8.29. The zero-order valence-corrected chi connectivity index (χ0v) is 20.4. The fourth-order valence-corrected chi connectivity index (χ4v) is 3.39. The number of methoxy groups -OCH3 is 1. The highest BCUT2D eigenvalue weighted by Crippen LogP contribution is 2.43. The Hall–Kier alpha value is -4.44. The van der Waals surface area contributed by atoms with E-state index in [9.17, 15) is 62.9 Å². The second kappa shape index (κ2) is 11.1. The van der Waals surface area contributed by atoms with Gasteiger partial charge < -0.3 is 14.9 Å². The zero-order valence-electron chi connectivity index (χ0n) is 20.4. The Labute approximate surface area is 227 Å². The van der Waals surface area contributed by atoms with Gasteiger partial charge in [-0.15, -0.1) is 0 Å². The zero-order chi connectivity index (χ0) is 31.8. The van der Waals surface area contributed by atoms with Crippen LogP contribution in [0.4, 0.5) is 64.1 Å². The van der Waals surface area contributed by atoms with Crippen LogP contribution in [-0.4, -0.2) is 29.8 Å². The van der Waals surface area contributed by atoms with Crippen molar-refractivity contribution in [3.8, 4) is 17.2 Å². The molecule has 17 heteroatoms. The SMILES string of the molecule is COc1ccc(N=Cc2cc(C(F)(F)F)cc(C(F)(F)F)c2O)c(N=Cc2cc(C(F)(F)F)cc(C(F)(F)F)c2O)c1. The van der Waals surface area contributed by atoms with Crippen molar-refractivity contribution in [3.63, 3.8) is 0 Å². The number of alkyl halides is 12. The van der Waals surface area contributed by atoms with Crippen molar-refractivity contribution in [2.24, 2.45) is 9.98 Å². The van der Waals surface area contributed by atoms with E-state index in [-0.39, 0.29) is 35.7 Å². The molecular weight excluding hydrogens is 604 g/mol. The third-order valence-corrected chi connectivity index (χ3v) is 5.41. The normalized spacial score (nSPS) is 13.4. The summed E-state index contributed by atoms with van der Waals surface area (Å²) in [5.74, 6) is -3.22. The molecule has 0 aliphatic carbocycles. The van der Waals surface area contributed by atoms with E-state index in [2.05, 4.69) is 9.98 Å². The van der Waals surface area contributed by atoms with Crippen LogP contribution >= 0.6 is 0 Å². The molecule has 5 nitrogen and oxygen atoms in total. The largest absolute Gasteiger partial charge is 0.507 e. The average molecular weight is 618 g/mol. The molecule has 0 radical (unpaired) electrons. The maximum Gasteiger partial charge on any atom is 0.419 e. The Morgan fingerprint density at radius 2 is 0.976 bits per heavy atom. The van der Waals surface area contributed by atoms with Gasteiger partial charge in [0, 0.05) is 29.6 Å². The van der Waals surface area contributed by atoms with Crippen LogP contribution in [0.5, 0.6) is 17.2 Å². The Balaban J connectivity index is 2.17.